The van der Waals surface area contributed by atoms with Crippen LogP contribution in [0.2, 0.25) is 5.02 Å². The molecule has 2 amide bonds. The average molecular weight is 349 g/mol. The van der Waals surface area contributed by atoms with Crippen molar-refractivity contribution in [1.29, 1.82) is 0 Å². The minimum Gasteiger partial charge on any atom is -0.370 e. The van der Waals surface area contributed by atoms with Crippen molar-refractivity contribution in [3.8, 4) is 0 Å². The molecule has 0 atom stereocenters. The smallest absolute Gasteiger partial charge is 0.244 e. The second kappa shape index (κ2) is 7.97. The number of amides is 2. The number of halogens is 1. The number of primary amides is 1. The highest BCUT2D eigenvalue weighted by Gasteiger charge is 2.18. The van der Waals surface area contributed by atoms with Gasteiger partial charge in [0.25, 0.3) is 0 Å². The molecule has 0 spiro atoms. The van der Waals surface area contributed by atoms with Gasteiger partial charge in [0.1, 0.15) is 6.54 Å². The van der Waals surface area contributed by atoms with E-state index in [9.17, 15) is 9.59 Å². The first-order valence-corrected chi connectivity index (χ1v) is 8.05. The Labute approximate surface area is 146 Å². The van der Waals surface area contributed by atoms with Gasteiger partial charge in [0, 0.05) is 19.5 Å². The molecule has 1 heterocycles. The first-order chi connectivity index (χ1) is 11.4. The maximum absolute atomic E-state index is 12.7. The van der Waals surface area contributed by atoms with Gasteiger partial charge in [0.15, 0.2) is 0 Å². The molecular formula is C17H21ClN4O2. The normalized spacial score (nSPS) is 10.6. The summed E-state index contributed by atoms with van der Waals surface area (Å²) in [6, 6.07) is 9.60. The lowest BCUT2D eigenvalue weighted by atomic mass is 10.2. The van der Waals surface area contributed by atoms with Gasteiger partial charge in [-0.1, -0.05) is 41.9 Å². The van der Waals surface area contributed by atoms with Gasteiger partial charge in [0.2, 0.25) is 11.8 Å². The van der Waals surface area contributed by atoms with Gasteiger partial charge in [0.05, 0.1) is 16.4 Å². The van der Waals surface area contributed by atoms with Gasteiger partial charge in [-0.2, -0.15) is 5.10 Å². The predicted octanol–water partition coefficient (Wildman–Crippen LogP) is 2.06. The topological polar surface area (TPSA) is 81.2 Å². The van der Waals surface area contributed by atoms with Gasteiger partial charge < -0.3 is 10.6 Å². The number of rotatable bonds is 7. The molecule has 0 saturated carbocycles. The van der Waals surface area contributed by atoms with Crippen LogP contribution in [0.25, 0.3) is 0 Å². The highest BCUT2D eigenvalue weighted by atomic mass is 35.5. The summed E-state index contributed by atoms with van der Waals surface area (Å²) in [6.45, 7) is 4.38. The molecule has 1 aromatic heterocycles. The Hall–Kier alpha value is -2.34. The van der Waals surface area contributed by atoms with Crippen molar-refractivity contribution in [3.63, 3.8) is 0 Å². The second-order valence-corrected chi connectivity index (χ2v) is 6.04. The van der Waals surface area contributed by atoms with Crippen LogP contribution in [0, 0.1) is 13.8 Å². The molecule has 0 bridgehead atoms. The number of carbonyl (C=O) groups is 2. The molecule has 0 aliphatic rings. The van der Waals surface area contributed by atoms with Crippen LogP contribution in [-0.4, -0.2) is 33.0 Å². The summed E-state index contributed by atoms with van der Waals surface area (Å²) in [6.07, 6.45) is 0.121. The van der Waals surface area contributed by atoms with E-state index < -0.39 is 5.91 Å². The first-order valence-electron chi connectivity index (χ1n) is 7.68. The van der Waals surface area contributed by atoms with E-state index in [-0.39, 0.29) is 25.4 Å². The van der Waals surface area contributed by atoms with Gasteiger partial charge >= 0.3 is 0 Å². The zero-order valence-corrected chi connectivity index (χ0v) is 14.6. The Kier molecular flexibility index (Phi) is 5.98. The van der Waals surface area contributed by atoms with Crippen LogP contribution < -0.4 is 5.73 Å². The summed E-state index contributed by atoms with van der Waals surface area (Å²) < 4.78 is 1.59. The van der Waals surface area contributed by atoms with E-state index in [1.165, 1.54) is 0 Å². The number of nitrogens with zero attached hydrogens (tertiary/aromatic N) is 3. The van der Waals surface area contributed by atoms with Crippen molar-refractivity contribution in [2.45, 2.75) is 33.4 Å². The molecule has 6 nitrogen and oxygen atoms in total. The fourth-order valence-electron chi connectivity index (χ4n) is 2.40. The molecule has 0 fully saturated rings. The minimum atomic E-state index is -0.435. The Bertz CT molecular complexity index is 728. The standard InChI is InChI=1S/C17H21ClN4O2/c1-12-17(18)13(2)22(20-12)11-16(24)21(9-8-15(19)23)10-14-6-4-3-5-7-14/h3-7H,8-11H2,1-2H3,(H2,19,23). The van der Waals surface area contributed by atoms with Crippen LogP contribution in [0.1, 0.15) is 23.4 Å². The molecule has 1 aromatic carbocycles. The third-order valence-corrected chi connectivity index (χ3v) is 4.32. The van der Waals surface area contributed by atoms with Crippen molar-refractivity contribution in [2.75, 3.05) is 6.54 Å². The molecule has 24 heavy (non-hydrogen) atoms. The quantitative estimate of drug-likeness (QED) is 0.831. The SMILES string of the molecule is Cc1nn(CC(=O)N(CCC(N)=O)Cc2ccccc2)c(C)c1Cl. The molecular weight excluding hydrogens is 328 g/mol. The molecule has 2 N–H and O–H groups in total. The highest BCUT2D eigenvalue weighted by Crippen LogP contribution is 2.19. The Morgan fingerprint density at radius 1 is 1.25 bits per heavy atom. The maximum Gasteiger partial charge on any atom is 0.244 e. The lowest BCUT2D eigenvalue weighted by molar-refractivity contribution is -0.133. The molecule has 2 aromatic rings. The first kappa shape index (κ1) is 18.0. The second-order valence-electron chi connectivity index (χ2n) is 5.66. The lowest BCUT2D eigenvalue weighted by Crippen LogP contribution is -2.36. The summed E-state index contributed by atoms with van der Waals surface area (Å²) in [5, 5.41) is 4.84. The summed E-state index contributed by atoms with van der Waals surface area (Å²) in [5.74, 6) is -0.572. The summed E-state index contributed by atoms with van der Waals surface area (Å²) >= 11 is 6.12. The molecule has 7 heteroatoms. The number of carbonyl (C=O) groups excluding carboxylic acids is 2. The predicted molar refractivity (Wildman–Crippen MR) is 92.4 cm³/mol. The van der Waals surface area contributed by atoms with E-state index in [1.807, 2.05) is 37.3 Å². The van der Waals surface area contributed by atoms with Gasteiger partial charge in [-0.3, -0.25) is 14.3 Å². The van der Waals surface area contributed by atoms with Crippen LogP contribution in [0.15, 0.2) is 30.3 Å². The van der Waals surface area contributed by atoms with Gasteiger partial charge in [-0.25, -0.2) is 0 Å². The summed E-state index contributed by atoms with van der Waals surface area (Å²) in [5.41, 5.74) is 7.65. The molecule has 128 valence electrons. The van der Waals surface area contributed by atoms with Gasteiger partial charge in [-0.05, 0) is 19.4 Å². The Morgan fingerprint density at radius 2 is 1.92 bits per heavy atom. The molecule has 0 saturated heterocycles. The zero-order valence-electron chi connectivity index (χ0n) is 13.8. The van der Waals surface area contributed by atoms with E-state index in [0.717, 1.165) is 11.3 Å². The van der Waals surface area contributed by atoms with E-state index in [4.69, 9.17) is 17.3 Å². The molecule has 0 aliphatic heterocycles. The lowest BCUT2D eigenvalue weighted by Gasteiger charge is -2.22. The van der Waals surface area contributed by atoms with Crippen LogP contribution in [0.3, 0.4) is 0 Å². The number of nitrogens with two attached hydrogens (primary N) is 1. The fourth-order valence-corrected chi connectivity index (χ4v) is 2.53. The van der Waals surface area contributed by atoms with Crippen molar-refractivity contribution in [1.82, 2.24) is 14.7 Å². The molecule has 0 aliphatic carbocycles. The van der Waals surface area contributed by atoms with E-state index >= 15 is 0 Å². The summed E-state index contributed by atoms with van der Waals surface area (Å²) in [4.78, 5) is 25.4. The van der Waals surface area contributed by atoms with E-state index in [2.05, 4.69) is 5.10 Å². The number of hydrogen-bond acceptors (Lipinski definition) is 3. The van der Waals surface area contributed by atoms with Crippen LogP contribution >= 0.6 is 11.6 Å². The van der Waals surface area contributed by atoms with E-state index in [1.54, 1.807) is 16.5 Å². The number of aryl methyl sites for hydroxylation is 1. The Morgan fingerprint density at radius 3 is 2.46 bits per heavy atom. The van der Waals surface area contributed by atoms with Crippen molar-refractivity contribution >= 4 is 23.4 Å². The van der Waals surface area contributed by atoms with Crippen molar-refractivity contribution in [3.05, 3.63) is 52.3 Å². The van der Waals surface area contributed by atoms with Crippen molar-refractivity contribution in [2.24, 2.45) is 5.73 Å². The van der Waals surface area contributed by atoms with Crippen LogP contribution in [0.5, 0.6) is 0 Å². The third kappa shape index (κ3) is 4.58. The van der Waals surface area contributed by atoms with E-state index in [0.29, 0.717) is 17.3 Å². The molecule has 0 unspecified atom stereocenters. The third-order valence-electron chi connectivity index (χ3n) is 3.78. The minimum absolute atomic E-state index is 0.0744. The van der Waals surface area contributed by atoms with Crippen LogP contribution in [0.4, 0.5) is 0 Å². The van der Waals surface area contributed by atoms with Crippen LogP contribution in [-0.2, 0) is 22.7 Å². The van der Waals surface area contributed by atoms with Gasteiger partial charge in [-0.15, -0.1) is 0 Å². The monoisotopic (exact) mass is 348 g/mol. The zero-order chi connectivity index (χ0) is 17.7. The van der Waals surface area contributed by atoms with Crippen molar-refractivity contribution < 1.29 is 9.59 Å². The Balaban J connectivity index is 2.13. The fraction of sp³-hybridized carbons (Fsp3) is 0.353. The number of hydrogen-bond donors (Lipinski definition) is 1. The maximum atomic E-state index is 12.7. The summed E-state index contributed by atoms with van der Waals surface area (Å²) in [7, 11) is 0. The molecule has 0 radical (unpaired) electrons. The highest BCUT2D eigenvalue weighted by molar-refractivity contribution is 6.31. The average Bonchev–Trinajstić information content (AvgIpc) is 2.79. The number of aromatic nitrogens is 2. The largest absolute Gasteiger partial charge is 0.370 e. The number of benzene rings is 1. The molecule has 2 rings (SSSR count).